The van der Waals surface area contributed by atoms with Gasteiger partial charge in [-0.1, -0.05) is 182 Å². The molecule has 0 atom stereocenters. The van der Waals surface area contributed by atoms with Crippen molar-refractivity contribution in [3.63, 3.8) is 0 Å². The molecule has 0 unspecified atom stereocenters. The van der Waals surface area contributed by atoms with Gasteiger partial charge in [-0.25, -0.2) is 9.97 Å². The molecule has 8 aromatic carbocycles. The number of para-hydroxylation sites is 1. The van der Waals surface area contributed by atoms with Gasteiger partial charge in [-0.15, -0.1) is 0 Å². The Kier molecular flexibility index (Phi) is 7.39. The van der Waals surface area contributed by atoms with E-state index in [1.165, 1.54) is 27.8 Å². The van der Waals surface area contributed by atoms with E-state index in [-0.39, 0.29) is 0 Å². The van der Waals surface area contributed by atoms with Crippen molar-refractivity contribution in [1.29, 1.82) is 0 Å². The molecule has 0 amide bonds. The number of fused-ring (bicyclic) bond motifs is 9. The van der Waals surface area contributed by atoms with E-state index in [1.807, 2.05) is 24.3 Å². The predicted molar refractivity (Wildman–Crippen MR) is 227 cm³/mol. The lowest BCUT2D eigenvalue weighted by molar-refractivity contribution is 0.436. The molecule has 1 aliphatic carbocycles. The SMILES string of the molecule is c1ccc(-c2nc(-c3cccc(-c4ccc5c(c4)Oc4ccccc4C54c5ccccc5-c5ccccc54)c3)cc(-c3ccccc3-c3ccccc3)n2)cc1. The Bertz CT molecular complexity index is 2910. The molecular formula is C53H34N2O. The van der Waals surface area contributed by atoms with E-state index in [1.54, 1.807) is 0 Å². The standard InChI is InChI=1S/C53H34N2O/c1-3-16-35(17-4-1)40-22-7-8-25-43(40)49-34-48(54-52(55-49)36-18-5-2-6-19-36)39-21-15-20-37(32-39)38-30-31-47-51(33-38)56-50-29-14-13-28-46(50)53(47)44-26-11-9-23-41(44)42-24-10-12-27-45(42)53/h1-34H. The highest BCUT2D eigenvalue weighted by Crippen LogP contribution is 2.62. The summed E-state index contributed by atoms with van der Waals surface area (Å²) in [5, 5.41) is 0. The van der Waals surface area contributed by atoms with Crippen LogP contribution >= 0.6 is 0 Å². The molecule has 3 heteroatoms. The van der Waals surface area contributed by atoms with Crippen LogP contribution in [0.15, 0.2) is 206 Å². The van der Waals surface area contributed by atoms with E-state index in [2.05, 4.69) is 182 Å². The Hall–Kier alpha value is -7.36. The molecule has 56 heavy (non-hydrogen) atoms. The van der Waals surface area contributed by atoms with Crippen molar-refractivity contribution in [2.24, 2.45) is 0 Å². The average Bonchev–Trinajstić information content (AvgIpc) is 3.57. The maximum atomic E-state index is 6.83. The molecule has 1 aromatic heterocycles. The van der Waals surface area contributed by atoms with Gasteiger partial charge in [-0.3, -0.25) is 0 Å². The number of benzene rings is 8. The highest BCUT2D eigenvalue weighted by Gasteiger charge is 2.50. The summed E-state index contributed by atoms with van der Waals surface area (Å²) < 4.78 is 6.83. The minimum absolute atomic E-state index is 0.487. The molecule has 0 bridgehead atoms. The van der Waals surface area contributed by atoms with Crippen LogP contribution in [-0.2, 0) is 5.41 Å². The highest BCUT2D eigenvalue weighted by molar-refractivity contribution is 5.89. The van der Waals surface area contributed by atoms with Crippen LogP contribution in [0.1, 0.15) is 22.3 Å². The monoisotopic (exact) mass is 714 g/mol. The zero-order valence-electron chi connectivity index (χ0n) is 30.4. The maximum Gasteiger partial charge on any atom is 0.160 e. The quantitative estimate of drug-likeness (QED) is 0.178. The summed E-state index contributed by atoms with van der Waals surface area (Å²) in [5.41, 5.74) is 16.2. The van der Waals surface area contributed by atoms with Gasteiger partial charge in [-0.05, 0) is 68.8 Å². The van der Waals surface area contributed by atoms with Crippen molar-refractivity contribution in [3.05, 3.63) is 229 Å². The molecule has 0 N–H and O–H groups in total. The minimum atomic E-state index is -0.487. The molecule has 2 heterocycles. The Morgan fingerprint density at radius 1 is 0.304 bits per heavy atom. The Morgan fingerprint density at radius 3 is 1.55 bits per heavy atom. The number of hydrogen-bond donors (Lipinski definition) is 0. The smallest absolute Gasteiger partial charge is 0.160 e. The van der Waals surface area contributed by atoms with Crippen LogP contribution in [0, 0.1) is 0 Å². The summed E-state index contributed by atoms with van der Waals surface area (Å²) in [7, 11) is 0. The summed E-state index contributed by atoms with van der Waals surface area (Å²) in [6.07, 6.45) is 0. The summed E-state index contributed by atoms with van der Waals surface area (Å²) >= 11 is 0. The first-order chi connectivity index (χ1) is 27.8. The largest absolute Gasteiger partial charge is 0.457 e. The van der Waals surface area contributed by atoms with E-state index in [4.69, 9.17) is 14.7 Å². The Morgan fingerprint density at radius 2 is 0.821 bits per heavy atom. The minimum Gasteiger partial charge on any atom is -0.457 e. The van der Waals surface area contributed by atoms with Gasteiger partial charge in [0.25, 0.3) is 0 Å². The van der Waals surface area contributed by atoms with Crippen LogP contribution in [0.25, 0.3) is 67.3 Å². The fraction of sp³-hybridized carbons (Fsp3) is 0.0189. The third kappa shape index (κ3) is 4.98. The van der Waals surface area contributed by atoms with Gasteiger partial charge in [-0.2, -0.15) is 0 Å². The fourth-order valence-corrected chi connectivity index (χ4v) is 8.92. The molecule has 3 nitrogen and oxygen atoms in total. The number of nitrogens with zero attached hydrogens (tertiary/aromatic N) is 2. The second-order valence-electron chi connectivity index (χ2n) is 14.5. The van der Waals surface area contributed by atoms with E-state index >= 15 is 0 Å². The topological polar surface area (TPSA) is 35.0 Å². The average molecular weight is 715 g/mol. The lowest BCUT2D eigenvalue weighted by atomic mass is 9.66. The van der Waals surface area contributed by atoms with Crippen molar-refractivity contribution >= 4 is 0 Å². The van der Waals surface area contributed by atoms with Gasteiger partial charge in [0.05, 0.1) is 16.8 Å². The predicted octanol–water partition coefficient (Wildman–Crippen LogP) is 13.3. The summed E-state index contributed by atoms with van der Waals surface area (Å²) in [6.45, 7) is 0. The maximum absolute atomic E-state index is 6.83. The van der Waals surface area contributed by atoms with Crippen molar-refractivity contribution in [2.75, 3.05) is 0 Å². The third-order valence-corrected chi connectivity index (χ3v) is 11.4. The molecule has 1 aliphatic heterocycles. The Balaban J connectivity index is 1.06. The zero-order chi connectivity index (χ0) is 37.1. The van der Waals surface area contributed by atoms with Crippen LogP contribution < -0.4 is 4.74 Å². The first kappa shape index (κ1) is 32.1. The van der Waals surface area contributed by atoms with Crippen molar-refractivity contribution in [3.8, 4) is 78.8 Å². The fourth-order valence-electron chi connectivity index (χ4n) is 8.92. The van der Waals surface area contributed by atoms with Crippen LogP contribution in [0.4, 0.5) is 0 Å². The van der Waals surface area contributed by atoms with Crippen LogP contribution in [-0.4, -0.2) is 9.97 Å². The third-order valence-electron chi connectivity index (χ3n) is 11.4. The van der Waals surface area contributed by atoms with Gasteiger partial charge in [0.2, 0.25) is 0 Å². The molecule has 1 spiro atoms. The number of rotatable bonds is 5. The number of ether oxygens (including phenoxy) is 1. The number of aromatic nitrogens is 2. The first-order valence-electron chi connectivity index (χ1n) is 19.1. The number of hydrogen-bond acceptors (Lipinski definition) is 3. The molecule has 0 radical (unpaired) electrons. The molecular weight excluding hydrogens is 681 g/mol. The van der Waals surface area contributed by atoms with Gasteiger partial charge in [0.1, 0.15) is 11.5 Å². The summed E-state index contributed by atoms with van der Waals surface area (Å²) in [6, 6.07) is 72.9. The van der Waals surface area contributed by atoms with Crippen LogP contribution in [0.3, 0.4) is 0 Å². The lowest BCUT2D eigenvalue weighted by Crippen LogP contribution is -2.32. The van der Waals surface area contributed by atoms with E-state index in [0.717, 1.165) is 67.4 Å². The molecule has 0 fully saturated rings. The zero-order valence-corrected chi connectivity index (χ0v) is 30.4. The summed E-state index contributed by atoms with van der Waals surface area (Å²) in [4.78, 5) is 10.4. The van der Waals surface area contributed by atoms with E-state index in [9.17, 15) is 0 Å². The van der Waals surface area contributed by atoms with E-state index < -0.39 is 5.41 Å². The molecule has 11 rings (SSSR count). The van der Waals surface area contributed by atoms with E-state index in [0.29, 0.717) is 5.82 Å². The van der Waals surface area contributed by atoms with Crippen LogP contribution in [0.2, 0.25) is 0 Å². The molecule has 262 valence electrons. The summed E-state index contributed by atoms with van der Waals surface area (Å²) in [5.74, 6) is 2.44. The molecule has 9 aromatic rings. The second-order valence-corrected chi connectivity index (χ2v) is 14.5. The van der Waals surface area contributed by atoms with Gasteiger partial charge < -0.3 is 4.74 Å². The second kappa shape index (κ2) is 12.9. The van der Waals surface area contributed by atoms with Gasteiger partial charge >= 0.3 is 0 Å². The normalized spacial score (nSPS) is 12.9. The van der Waals surface area contributed by atoms with Crippen LogP contribution in [0.5, 0.6) is 11.5 Å². The van der Waals surface area contributed by atoms with Crippen molar-refractivity contribution in [1.82, 2.24) is 9.97 Å². The molecule has 0 saturated heterocycles. The molecule has 0 saturated carbocycles. The first-order valence-corrected chi connectivity index (χ1v) is 19.1. The van der Waals surface area contributed by atoms with Gasteiger partial charge in [0.15, 0.2) is 5.82 Å². The molecule has 2 aliphatic rings. The van der Waals surface area contributed by atoms with Crippen molar-refractivity contribution < 1.29 is 4.74 Å². The lowest BCUT2D eigenvalue weighted by Gasteiger charge is -2.39. The van der Waals surface area contributed by atoms with Gasteiger partial charge in [0, 0.05) is 27.8 Å². The van der Waals surface area contributed by atoms with Crippen molar-refractivity contribution in [2.45, 2.75) is 5.41 Å². The Labute approximate surface area is 326 Å². The highest BCUT2D eigenvalue weighted by atomic mass is 16.5.